The van der Waals surface area contributed by atoms with E-state index in [-0.39, 0.29) is 5.56 Å². The lowest BCUT2D eigenvalue weighted by Crippen LogP contribution is -2.33. The van der Waals surface area contributed by atoms with E-state index in [1.165, 1.54) is 18.2 Å². The van der Waals surface area contributed by atoms with Crippen molar-refractivity contribution in [2.24, 2.45) is 11.8 Å². The van der Waals surface area contributed by atoms with E-state index in [1.807, 2.05) is 0 Å². The highest BCUT2D eigenvalue weighted by Crippen LogP contribution is 2.33. The molecule has 2 nitrogen and oxygen atoms in total. The van der Waals surface area contributed by atoms with Crippen LogP contribution in [0.2, 0.25) is 0 Å². The van der Waals surface area contributed by atoms with E-state index < -0.39 is 11.6 Å². The van der Waals surface area contributed by atoms with Crippen molar-refractivity contribution in [3.63, 3.8) is 0 Å². The first kappa shape index (κ1) is 12.1. The summed E-state index contributed by atoms with van der Waals surface area (Å²) < 4.78 is 27.3. The van der Waals surface area contributed by atoms with Gasteiger partial charge in [-0.15, -0.1) is 0 Å². The summed E-state index contributed by atoms with van der Waals surface area (Å²) in [5.41, 5.74) is 0.206. The van der Waals surface area contributed by atoms with Crippen LogP contribution in [0.15, 0.2) is 18.2 Å². The molecule has 0 spiro atoms. The second kappa shape index (κ2) is 4.59. The van der Waals surface area contributed by atoms with Crippen LogP contribution in [-0.2, 0) is 6.54 Å². The maximum atomic E-state index is 13.6. The molecule has 2 fully saturated rings. The van der Waals surface area contributed by atoms with Gasteiger partial charge in [-0.25, -0.2) is 8.78 Å². The number of hydrogen-bond acceptors (Lipinski definition) is 2. The van der Waals surface area contributed by atoms with Gasteiger partial charge in [0.15, 0.2) is 0 Å². The summed E-state index contributed by atoms with van der Waals surface area (Å²) in [7, 11) is 0. The number of likely N-dealkylation sites (tertiary alicyclic amines) is 1. The lowest BCUT2D eigenvalue weighted by molar-refractivity contribution is 0.225. The van der Waals surface area contributed by atoms with Gasteiger partial charge in [-0.05, 0) is 44.0 Å². The summed E-state index contributed by atoms with van der Waals surface area (Å²) in [4.78, 5) is 2.21. The molecule has 0 aromatic heterocycles. The Hall–Kier alpha value is -1.00. The predicted molar refractivity (Wildman–Crippen MR) is 66.1 cm³/mol. The van der Waals surface area contributed by atoms with Gasteiger partial charge in [-0.1, -0.05) is 6.07 Å². The highest BCUT2D eigenvalue weighted by atomic mass is 19.1. The largest absolute Gasteiger partial charge is 0.316 e. The standard InChI is InChI=1S/C14H18F2N2/c1-9-11-6-17-5-10(11)7-18(9)8-12-13(15)3-2-4-14(12)16/h2-4,9-11,17H,5-8H2,1H3. The SMILES string of the molecule is CC1C2CNCC2CN1Cc1c(F)cccc1F. The molecule has 1 aromatic carbocycles. The summed E-state index contributed by atoms with van der Waals surface area (Å²) in [6.45, 7) is 5.54. The summed E-state index contributed by atoms with van der Waals surface area (Å²) >= 11 is 0. The lowest BCUT2D eigenvalue weighted by atomic mass is 9.95. The normalized spacial score (nSPS) is 31.8. The quantitative estimate of drug-likeness (QED) is 0.866. The van der Waals surface area contributed by atoms with Gasteiger partial charge in [0.1, 0.15) is 11.6 Å². The van der Waals surface area contributed by atoms with Crippen molar-refractivity contribution >= 4 is 0 Å². The van der Waals surface area contributed by atoms with Gasteiger partial charge in [0, 0.05) is 24.7 Å². The third kappa shape index (κ3) is 1.93. The highest BCUT2D eigenvalue weighted by Gasteiger charge is 2.41. The number of hydrogen-bond donors (Lipinski definition) is 1. The molecule has 2 heterocycles. The van der Waals surface area contributed by atoms with Crippen molar-refractivity contribution in [1.29, 1.82) is 0 Å². The molecule has 98 valence electrons. The van der Waals surface area contributed by atoms with Crippen molar-refractivity contribution in [2.75, 3.05) is 19.6 Å². The van der Waals surface area contributed by atoms with Crippen LogP contribution in [0.3, 0.4) is 0 Å². The van der Waals surface area contributed by atoms with Crippen LogP contribution in [0, 0.1) is 23.5 Å². The Morgan fingerprint density at radius 3 is 2.67 bits per heavy atom. The van der Waals surface area contributed by atoms with Gasteiger partial charge in [0.05, 0.1) is 0 Å². The number of fused-ring (bicyclic) bond motifs is 1. The van der Waals surface area contributed by atoms with Crippen LogP contribution in [0.1, 0.15) is 12.5 Å². The van der Waals surface area contributed by atoms with E-state index in [9.17, 15) is 8.78 Å². The molecule has 1 aromatic rings. The summed E-state index contributed by atoms with van der Waals surface area (Å²) in [5, 5.41) is 3.39. The van der Waals surface area contributed by atoms with Crippen molar-refractivity contribution in [3.05, 3.63) is 35.4 Å². The Bertz CT molecular complexity index is 429. The smallest absolute Gasteiger partial charge is 0.130 e. The van der Waals surface area contributed by atoms with Crippen LogP contribution in [0.4, 0.5) is 8.78 Å². The fourth-order valence-corrected chi connectivity index (χ4v) is 3.35. The summed E-state index contributed by atoms with van der Waals surface area (Å²) in [5.74, 6) is 0.393. The Balaban J connectivity index is 1.78. The Morgan fingerprint density at radius 2 is 2.00 bits per heavy atom. The first-order valence-corrected chi connectivity index (χ1v) is 6.54. The average molecular weight is 252 g/mol. The van der Waals surface area contributed by atoms with Gasteiger partial charge in [-0.3, -0.25) is 4.90 Å². The number of benzene rings is 1. The Kier molecular flexibility index (Phi) is 3.08. The topological polar surface area (TPSA) is 15.3 Å². The Labute approximate surface area is 106 Å². The van der Waals surface area contributed by atoms with Gasteiger partial charge in [0.25, 0.3) is 0 Å². The summed E-state index contributed by atoms with van der Waals surface area (Å²) in [6.07, 6.45) is 0. The molecular weight excluding hydrogens is 234 g/mol. The minimum absolute atomic E-state index is 0.206. The second-order valence-electron chi connectivity index (χ2n) is 5.45. The zero-order chi connectivity index (χ0) is 12.7. The fraction of sp³-hybridized carbons (Fsp3) is 0.571. The first-order valence-electron chi connectivity index (χ1n) is 6.54. The molecule has 18 heavy (non-hydrogen) atoms. The van der Waals surface area contributed by atoms with E-state index in [0.717, 1.165) is 19.6 Å². The van der Waals surface area contributed by atoms with Gasteiger partial charge < -0.3 is 5.32 Å². The maximum absolute atomic E-state index is 13.6. The molecule has 0 aliphatic carbocycles. The zero-order valence-electron chi connectivity index (χ0n) is 10.5. The monoisotopic (exact) mass is 252 g/mol. The maximum Gasteiger partial charge on any atom is 0.130 e. The zero-order valence-corrected chi connectivity index (χ0v) is 10.5. The average Bonchev–Trinajstić information content (AvgIpc) is 2.89. The van der Waals surface area contributed by atoms with E-state index in [4.69, 9.17) is 0 Å². The van der Waals surface area contributed by atoms with Gasteiger partial charge in [-0.2, -0.15) is 0 Å². The highest BCUT2D eigenvalue weighted by molar-refractivity contribution is 5.20. The number of rotatable bonds is 2. The van der Waals surface area contributed by atoms with Crippen LogP contribution in [0.5, 0.6) is 0 Å². The van der Waals surface area contributed by atoms with Gasteiger partial charge >= 0.3 is 0 Å². The molecule has 3 rings (SSSR count). The molecular formula is C14H18F2N2. The Morgan fingerprint density at radius 1 is 1.28 bits per heavy atom. The van der Waals surface area contributed by atoms with E-state index in [2.05, 4.69) is 17.1 Å². The van der Waals surface area contributed by atoms with Gasteiger partial charge in [0.2, 0.25) is 0 Å². The molecule has 0 bridgehead atoms. The number of halogens is 2. The number of nitrogens with zero attached hydrogens (tertiary/aromatic N) is 1. The molecule has 2 saturated heterocycles. The number of nitrogens with one attached hydrogen (secondary N) is 1. The van der Waals surface area contributed by atoms with Crippen LogP contribution >= 0.6 is 0 Å². The van der Waals surface area contributed by atoms with Crippen molar-refractivity contribution in [3.8, 4) is 0 Å². The van der Waals surface area contributed by atoms with Crippen molar-refractivity contribution in [2.45, 2.75) is 19.5 Å². The molecule has 4 heteroatoms. The van der Waals surface area contributed by atoms with Crippen molar-refractivity contribution < 1.29 is 8.78 Å². The molecule has 0 radical (unpaired) electrons. The third-order valence-corrected chi connectivity index (χ3v) is 4.48. The van der Waals surface area contributed by atoms with E-state index in [0.29, 0.717) is 24.4 Å². The molecule has 0 saturated carbocycles. The van der Waals surface area contributed by atoms with Crippen LogP contribution in [-0.4, -0.2) is 30.6 Å². The minimum Gasteiger partial charge on any atom is -0.316 e. The molecule has 3 unspecified atom stereocenters. The molecule has 2 aliphatic rings. The lowest BCUT2D eigenvalue weighted by Gasteiger charge is -2.24. The van der Waals surface area contributed by atoms with Crippen molar-refractivity contribution in [1.82, 2.24) is 10.2 Å². The molecule has 2 aliphatic heterocycles. The van der Waals surface area contributed by atoms with E-state index >= 15 is 0 Å². The fourth-order valence-electron chi connectivity index (χ4n) is 3.35. The van der Waals surface area contributed by atoms with Crippen LogP contribution < -0.4 is 5.32 Å². The molecule has 3 atom stereocenters. The first-order chi connectivity index (χ1) is 8.66. The third-order valence-electron chi connectivity index (χ3n) is 4.48. The molecule has 0 amide bonds. The molecule has 1 N–H and O–H groups in total. The van der Waals surface area contributed by atoms with Crippen LogP contribution in [0.25, 0.3) is 0 Å². The predicted octanol–water partition coefficient (Wildman–Crippen LogP) is 2.00. The van der Waals surface area contributed by atoms with E-state index in [1.54, 1.807) is 0 Å². The summed E-state index contributed by atoms with van der Waals surface area (Å²) in [6, 6.07) is 4.48. The minimum atomic E-state index is -0.433. The second-order valence-corrected chi connectivity index (χ2v) is 5.45.